The van der Waals surface area contributed by atoms with Crippen LogP contribution in [0.4, 0.5) is 5.69 Å². The molecule has 5 rings (SSSR count). The number of anilines is 1. The summed E-state index contributed by atoms with van der Waals surface area (Å²) in [4.78, 5) is 19.1. The first-order valence-electron chi connectivity index (χ1n) is 12.2. The van der Waals surface area contributed by atoms with Crippen LogP contribution in [0.1, 0.15) is 44.1 Å². The molecule has 35 heavy (non-hydrogen) atoms. The molecule has 2 aliphatic carbocycles. The third-order valence-electron chi connectivity index (χ3n) is 7.78. The Bertz CT molecular complexity index is 1260. The van der Waals surface area contributed by atoms with Gasteiger partial charge in [-0.1, -0.05) is 17.7 Å². The predicted octanol–water partition coefficient (Wildman–Crippen LogP) is 5.78. The van der Waals surface area contributed by atoms with Crippen molar-refractivity contribution in [2.45, 2.75) is 56.0 Å². The van der Waals surface area contributed by atoms with Gasteiger partial charge >= 0.3 is 0 Å². The van der Waals surface area contributed by atoms with Crippen LogP contribution in [-0.2, 0) is 10.2 Å². The zero-order valence-electron chi connectivity index (χ0n) is 20.5. The molecular weight excluding hydrogens is 462 g/mol. The molecule has 2 aromatic carbocycles. The van der Waals surface area contributed by atoms with Gasteiger partial charge in [-0.2, -0.15) is 0 Å². The van der Waals surface area contributed by atoms with Crippen LogP contribution in [0.15, 0.2) is 36.5 Å². The monoisotopic (exact) mass is 493 g/mol. The van der Waals surface area contributed by atoms with Gasteiger partial charge in [0.1, 0.15) is 6.29 Å². The number of halogens is 1. The number of ether oxygens (including phenoxy) is 1. The van der Waals surface area contributed by atoms with E-state index in [0.29, 0.717) is 17.8 Å². The minimum absolute atomic E-state index is 0.0694. The number of fused-ring (bicyclic) bond motifs is 1. The Morgan fingerprint density at radius 3 is 2.51 bits per heavy atom. The lowest BCUT2D eigenvalue weighted by atomic mass is 9.89. The van der Waals surface area contributed by atoms with Crippen LogP contribution < -0.4 is 10.1 Å². The minimum Gasteiger partial charge on any atom is -0.503 e. The van der Waals surface area contributed by atoms with E-state index in [1.807, 2.05) is 18.3 Å². The third-order valence-corrected chi connectivity index (χ3v) is 8.06. The van der Waals surface area contributed by atoms with Gasteiger partial charge < -0.3 is 24.9 Å². The number of carbonyl (C=O) groups excluding carboxylic acids is 1. The number of benzene rings is 2. The average Bonchev–Trinajstić information content (AvgIpc) is 3.67. The molecule has 0 bridgehead atoms. The minimum atomic E-state index is -0.439. The number of rotatable bonds is 7. The molecule has 184 valence electrons. The fraction of sp³-hybridized carbons (Fsp3) is 0.429. The van der Waals surface area contributed by atoms with Gasteiger partial charge in [0.25, 0.3) is 0 Å². The first-order chi connectivity index (χ1) is 16.8. The molecular formula is C28H32ClN3O3. The summed E-state index contributed by atoms with van der Waals surface area (Å²) in [6.45, 7) is 0. The largest absolute Gasteiger partial charge is 0.503 e. The Hall–Kier alpha value is -2.83. The highest BCUT2D eigenvalue weighted by molar-refractivity contribution is 6.32. The highest BCUT2D eigenvalue weighted by Crippen LogP contribution is 2.51. The lowest BCUT2D eigenvalue weighted by Gasteiger charge is -2.34. The van der Waals surface area contributed by atoms with Crippen molar-refractivity contribution in [1.82, 2.24) is 9.88 Å². The van der Waals surface area contributed by atoms with Crippen molar-refractivity contribution in [2.75, 3.05) is 26.5 Å². The lowest BCUT2D eigenvalue weighted by molar-refractivity contribution is -0.109. The number of aromatic hydroxyl groups is 1. The first-order valence-corrected chi connectivity index (χ1v) is 12.6. The number of phenolic OH excluding ortho intramolecular Hbond substituents is 1. The molecule has 2 saturated carbocycles. The number of phenols is 1. The molecule has 0 saturated heterocycles. The Kier molecular flexibility index (Phi) is 6.36. The van der Waals surface area contributed by atoms with Crippen LogP contribution in [0, 0.1) is 0 Å². The normalized spacial score (nSPS) is 21.2. The van der Waals surface area contributed by atoms with Gasteiger partial charge in [-0.3, -0.25) is 4.98 Å². The molecule has 2 aliphatic rings. The Morgan fingerprint density at radius 2 is 1.89 bits per heavy atom. The van der Waals surface area contributed by atoms with Crippen LogP contribution in [-0.4, -0.2) is 54.6 Å². The van der Waals surface area contributed by atoms with Crippen LogP contribution in [0.5, 0.6) is 11.5 Å². The first kappa shape index (κ1) is 23.9. The molecule has 1 heterocycles. The lowest BCUT2D eigenvalue weighted by Crippen LogP contribution is -2.36. The Labute approximate surface area is 211 Å². The number of aromatic nitrogens is 1. The van der Waals surface area contributed by atoms with Crippen molar-refractivity contribution in [1.29, 1.82) is 0 Å². The number of methoxy groups -OCH3 is 1. The second-order valence-electron chi connectivity index (χ2n) is 10.2. The van der Waals surface area contributed by atoms with Crippen molar-refractivity contribution >= 4 is 34.5 Å². The standard InChI is InChI=1S/C28H32ClN3O3/c1-32(2)20-7-5-19(6-8-20)31-26-21-12-17(18-13-23(29)27(34)25(14-18)35-3)4-9-24(21)30-15-22(26)28(16-33)10-11-28/h4,9,12-16,19-20,34H,5-8,10-11H2,1-3H3,(H,30,31). The van der Waals surface area contributed by atoms with Crippen LogP contribution >= 0.6 is 11.6 Å². The predicted molar refractivity (Wildman–Crippen MR) is 141 cm³/mol. The maximum absolute atomic E-state index is 12.1. The van der Waals surface area contributed by atoms with E-state index in [2.05, 4.69) is 30.4 Å². The number of carbonyl (C=O) groups is 1. The maximum atomic E-state index is 12.1. The molecule has 3 aromatic rings. The number of pyridine rings is 1. The number of hydrogen-bond donors (Lipinski definition) is 2. The van der Waals surface area contributed by atoms with Gasteiger partial charge in [0.2, 0.25) is 0 Å². The molecule has 0 spiro atoms. The van der Waals surface area contributed by atoms with E-state index in [-0.39, 0.29) is 10.8 Å². The van der Waals surface area contributed by atoms with E-state index in [9.17, 15) is 9.90 Å². The molecule has 0 amide bonds. The van der Waals surface area contributed by atoms with Crippen molar-refractivity contribution in [3.8, 4) is 22.6 Å². The van der Waals surface area contributed by atoms with Gasteiger partial charge in [-0.25, -0.2) is 0 Å². The van der Waals surface area contributed by atoms with E-state index in [1.165, 1.54) is 7.11 Å². The van der Waals surface area contributed by atoms with Crippen molar-refractivity contribution in [2.24, 2.45) is 0 Å². The molecule has 2 N–H and O–H groups in total. The highest BCUT2D eigenvalue weighted by Gasteiger charge is 2.46. The van der Waals surface area contributed by atoms with Crippen molar-refractivity contribution in [3.05, 3.63) is 47.1 Å². The number of nitrogens with zero attached hydrogens (tertiary/aromatic N) is 2. The quantitative estimate of drug-likeness (QED) is 0.406. The number of nitrogens with one attached hydrogen (secondary N) is 1. The SMILES string of the molecule is COc1cc(-c2ccc3ncc(C4(C=O)CC4)c(NC4CCC(N(C)C)CC4)c3c2)cc(Cl)c1O. The van der Waals surface area contributed by atoms with Gasteiger partial charge in [-0.05, 0) is 88.0 Å². The maximum Gasteiger partial charge on any atom is 0.176 e. The van der Waals surface area contributed by atoms with E-state index in [1.54, 1.807) is 12.1 Å². The molecule has 0 radical (unpaired) electrons. The number of hydrogen-bond acceptors (Lipinski definition) is 6. The van der Waals surface area contributed by atoms with E-state index in [4.69, 9.17) is 21.3 Å². The Balaban J connectivity index is 1.59. The average molecular weight is 494 g/mol. The van der Waals surface area contributed by atoms with Gasteiger partial charge in [0.15, 0.2) is 11.5 Å². The molecule has 0 unspecified atom stereocenters. The summed E-state index contributed by atoms with van der Waals surface area (Å²) < 4.78 is 5.31. The molecule has 7 heteroatoms. The summed E-state index contributed by atoms with van der Waals surface area (Å²) in [5, 5.41) is 15.2. The molecule has 1 aromatic heterocycles. The van der Waals surface area contributed by atoms with Crippen molar-refractivity contribution < 1.29 is 14.6 Å². The fourth-order valence-corrected chi connectivity index (χ4v) is 5.54. The van der Waals surface area contributed by atoms with Gasteiger partial charge in [0.05, 0.1) is 23.1 Å². The fourth-order valence-electron chi connectivity index (χ4n) is 5.33. The van der Waals surface area contributed by atoms with Crippen LogP contribution in [0.2, 0.25) is 5.02 Å². The summed E-state index contributed by atoms with van der Waals surface area (Å²) in [7, 11) is 5.81. The van der Waals surface area contributed by atoms with E-state index < -0.39 is 5.41 Å². The topological polar surface area (TPSA) is 74.7 Å². The van der Waals surface area contributed by atoms with Gasteiger partial charge in [-0.15, -0.1) is 0 Å². The van der Waals surface area contributed by atoms with E-state index in [0.717, 1.165) is 78.1 Å². The Morgan fingerprint density at radius 1 is 1.14 bits per heavy atom. The highest BCUT2D eigenvalue weighted by atomic mass is 35.5. The van der Waals surface area contributed by atoms with Crippen LogP contribution in [0.25, 0.3) is 22.0 Å². The summed E-state index contributed by atoms with van der Waals surface area (Å²) in [6.07, 6.45) is 9.18. The summed E-state index contributed by atoms with van der Waals surface area (Å²) in [6, 6.07) is 10.6. The third kappa shape index (κ3) is 4.45. The smallest absolute Gasteiger partial charge is 0.176 e. The molecule has 2 fully saturated rings. The number of aldehydes is 1. The second kappa shape index (κ2) is 9.32. The van der Waals surface area contributed by atoms with Gasteiger partial charge in [0, 0.05) is 34.9 Å². The summed E-state index contributed by atoms with van der Waals surface area (Å²) >= 11 is 6.28. The second-order valence-corrected chi connectivity index (χ2v) is 10.6. The summed E-state index contributed by atoms with van der Waals surface area (Å²) in [5.74, 6) is 0.258. The molecule has 0 aliphatic heterocycles. The van der Waals surface area contributed by atoms with Crippen LogP contribution in [0.3, 0.4) is 0 Å². The zero-order chi connectivity index (χ0) is 24.7. The molecule has 6 nitrogen and oxygen atoms in total. The summed E-state index contributed by atoms with van der Waals surface area (Å²) in [5.41, 5.74) is 4.23. The molecule has 0 atom stereocenters. The van der Waals surface area contributed by atoms with Crippen molar-refractivity contribution in [3.63, 3.8) is 0 Å². The zero-order valence-corrected chi connectivity index (χ0v) is 21.2. The van der Waals surface area contributed by atoms with E-state index >= 15 is 0 Å².